The second-order valence-corrected chi connectivity index (χ2v) is 1.05. The molecule has 9 heavy (non-hydrogen) atoms. The molecule has 0 spiro atoms. The topological polar surface area (TPSA) is 34.1 Å². The molecular weight excluding hydrogens is 137 g/mol. The van der Waals surface area contributed by atoms with E-state index in [4.69, 9.17) is 0 Å². The van der Waals surface area contributed by atoms with E-state index in [2.05, 4.69) is 0 Å². The SMILES string of the molecule is O=C/C(F)=C(/F)C(=O)F. The lowest BCUT2D eigenvalue weighted by molar-refractivity contribution is -0.127. The molecule has 0 aromatic rings. The summed E-state index contributed by atoms with van der Waals surface area (Å²) in [6, 6.07) is -2.58. The Balaban J connectivity index is 4.47. The standard InChI is InChI=1S/C4HF3O2/c5-2(1-8)3(6)4(7)9/h1H/b3-2-. The highest BCUT2D eigenvalue weighted by Gasteiger charge is 2.13. The lowest BCUT2D eigenvalue weighted by Gasteiger charge is -1.81. The monoisotopic (exact) mass is 138 g/mol. The van der Waals surface area contributed by atoms with E-state index in [1.807, 2.05) is 0 Å². The minimum atomic E-state index is -2.58. The van der Waals surface area contributed by atoms with Crippen LogP contribution in [-0.2, 0) is 9.59 Å². The van der Waals surface area contributed by atoms with Gasteiger partial charge in [0.15, 0.2) is 6.29 Å². The Morgan fingerprint density at radius 1 is 1.22 bits per heavy atom. The molecule has 0 aliphatic heterocycles. The van der Waals surface area contributed by atoms with Crippen LogP contribution in [0.4, 0.5) is 13.2 Å². The average Bonchev–Trinajstić information content (AvgIpc) is 1.84. The Kier molecular flexibility index (Phi) is 2.63. The molecule has 0 aliphatic carbocycles. The fourth-order valence-electron chi connectivity index (χ4n) is 0.146. The second-order valence-electron chi connectivity index (χ2n) is 1.05. The second kappa shape index (κ2) is 3.01. The molecule has 0 amide bonds. The summed E-state index contributed by atoms with van der Waals surface area (Å²) >= 11 is 0. The Hall–Kier alpha value is -1.13. The fourth-order valence-corrected chi connectivity index (χ4v) is 0.146. The fraction of sp³-hybridized carbons (Fsp3) is 0. The molecular formula is C4HF3O2. The molecule has 0 rings (SSSR count). The summed E-state index contributed by atoms with van der Waals surface area (Å²) in [7, 11) is 0. The predicted octanol–water partition coefficient (Wildman–Crippen LogP) is 0.832. The molecule has 0 saturated heterocycles. The molecule has 0 aliphatic rings. The van der Waals surface area contributed by atoms with Crippen molar-refractivity contribution in [3.05, 3.63) is 11.7 Å². The predicted molar refractivity (Wildman–Crippen MR) is 21.4 cm³/mol. The quantitative estimate of drug-likeness (QED) is 0.321. The van der Waals surface area contributed by atoms with Gasteiger partial charge in [-0.3, -0.25) is 9.59 Å². The van der Waals surface area contributed by atoms with E-state index in [1.165, 1.54) is 0 Å². The molecule has 0 aromatic heterocycles. The maximum Gasteiger partial charge on any atom is 0.363 e. The van der Waals surface area contributed by atoms with Gasteiger partial charge in [0.25, 0.3) is 0 Å². The van der Waals surface area contributed by atoms with E-state index >= 15 is 0 Å². The highest BCUT2D eigenvalue weighted by molar-refractivity contribution is 5.91. The normalized spacial score (nSPS) is 12.3. The molecule has 0 aromatic carbocycles. The van der Waals surface area contributed by atoms with Crippen LogP contribution in [0.3, 0.4) is 0 Å². The number of aldehydes is 1. The van der Waals surface area contributed by atoms with Crippen molar-refractivity contribution < 1.29 is 22.8 Å². The number of hydrogen-bond acceptors (Lipinski definition) is 2. The summed E-state index contributed by atoms with van der Waals surface area (Å²) in [6.07, 6.45) is -0.590. The lowest BCUT2D eigenvalue weighted by atomic mass is 10.5. The van der Waals surface area contributed by atoms with Crippen LogP contribution in [0.1, 0.15) is 0 Å². The van der Waals surface area contributed by atoms with Crippen LogP contribution in [0.25, 0.3) is 0 Å². The summed E-state index contributed by atoms with van der Waals surface area (Å²) in [6.45, 7) is 0. The first-order chi connectivity index (χ1) is 4.09. The number of allylic oxidation sites excluding steroid dienone is 2. The van der Waals surface area contributed by atoms with Gasteiger partial charge in [-0.15, -0.1) is 0 Å². The van der Waals surface area contributed by atoms with Gasteiger partial charge in [0.05, 0.1) is 0 Å². The molecule has 0 atom stereocenters. The van der Waals surface area contributed by atoms with Crippen molar-refractivity contribution in [2.24, 2.45) is 0 Å². The van der Waals surface area contributed by atoms with Crippen molar-refractivity contribution >= 4 is 12.3 Å². The number of rotatable bonds is 2. The van der Waals surface area contributed by atoms with Gasteiger partial charge < -0.3 is 0 Å². The third-order valence-corrected chi connectivity index (χ3v) is 0.486. The van der Waals surface area contributed by atoms with Crippen LogP contribution in [0.2, 0.25) is 0 Å². The number of carbonyl (C=O) groups excluding carboxylic acids is 2. The molecule has 5 heteroatoms. The summed E-state index contributed by atoms with van der Waals surface area (Å²) in [4.78, 5) is 18.5. The molecule has 0 radical (unpaired) electrons. The molecule has 0 fully saturated rings. The van der Waals surface area contributed by atoms with Gasteiger partial charge in [-0.2, -0.15) is 13.2 Å². The van der Waals surface area contributed by atoms with Gasteiger partial charge in [-0.25, -0.2) is 0 Å². The first-order valence-electron chi connectivity index (χ1n) is 1.80. The van der Waals surface area contributed by atoms with Crippen LogP contribution in [0, 0.1) is 0 Å². The van der Waals surface area contributed by atoms with Crippen LogP contribution < -0.4 is 0 Å². The number of hydrogen-bond donors (Lipinski definition) is 0. The molecule has 0 saturated carbocycles. The average molecular weight is 138 g/mol. The van der Waals surface area contributed by atoms with Gasteiger partial charge in [0, 0.05) is 0 Å². The Labute approximate surface area is 48.0 Å². The van der Waals surface area contributed by atoms with E-state index in [-0.39, 0.29) is 0 Å². The van der Waals surface area contributed by atoms with Gasteiger partial charge in [-0.05, 0) is 0 Å². The zero-order valence-corrected chi connectivity index (χ0v) is 4.03. The minimum absolute atomic E-state index is 0.590. The van der Waals surface area contributed by atoms with Gasteiger partial charge in [-0.1, -0.05) is 0 Å². The van der Waals surface area contributed by atoms with Crippen molar-refractivity contribution in [3.8, 4) is 0 Å². The van der Waals surface area contributed by atoms with Crippen LogP contribution in [0.5, 0.6) is 0 Å². The van der Waals surface area contributed by atoms with E-state index in [0.29, 0.717) is 0 Å². The number of halogens is 3. The zero-order valence-electron chi connectivity index (χ0n) is 4.03. The van der Waals surface area contributed by atoms with Gasteiger partial charge >= 0.3 is 6.04 Å². The lowest BCUT2D eigenvalue weighted by Crippen LogP contribution is -1.91. The van der Waals surface area contributed by atoms with E-state index in [1.54, 1.807) is 0 Å². The maximum absolute atomic E-state index is 11.5. The molecule has 0 unspecified atom stereocenters. The Morgan fingerprint density at radius 2 is 1.67 bits per heavy atom. The van der Waals surface area contributed by atoms with Crippen LogP contribution in [-0.4, -0.2) is 12.3 Å². The Bertz CT molecular complexity index is 173. The largest absolute Gasteiger partial charge is 0.363 e. The summed E-state index contributed by atoms with van der Waals surface area (Å²) in [5, 5.41) is 0. The minimum Gasteiger partial charge on any atom is -0.295 e. The molecule has 0 N–H and O–H groups in total. The first kappa shape index (κ1) is 7.87. The summed E-state index contributed by atoms with van der Waals surface area (Å²) in [5.74, 6) is -4.31. The van der Waals surface area contributed by atoms with Crippen molar-refractivity contribution in [2.75, 3.05) is 0 Å². The van der Waals surface area contributed by atoms with Crippen LogP contribution in [0.15, 0.2) is 11.7 Å². The summed E-state index contributed by atoms with van der Waals surface area (Å²) in [5.41, 5.74) is 0. The highest BCUT2D eigenvalue weighted by atomic mass is 19.2. The third kappa shape index (κ3) is 2.07. The molecule has 0 heterocycles. The molecule has 0 bridgehead atoms. The maximum atomic E-state index is 11.5. The Morgan fingerprint density at radius 3 is 1.78 bits per heavy atom. The highest BCUT2D eigenvalue weighted by Crippen LogP contribution is 2.06. The third-order valence-electron chi connectivity index (χ3n) is 0.486. The van der Waals surface area contributed by atoms with E-state index < -0.39 is 24.0 Å². The van der Waals surface area contributed by atoms with Gasteiger partial charge in [0.2, 0.25) is 11.7 Å². The van der Waals surface area contributed by atoms with Crippen molar-refractivity contribution in [1.29, 1.82) is 0 Å². The van der Waals surface area contributed by atoms with Crippen molar-refractivity contribution in [3.63, 3.8) is 0 Å². The van der Waals surface area contributed by atoms with Gasteiger partial charge in [0.1, 0.15) is 0 Å². The van der Waals surface area contributed by atoms with Crippen LogP contribution >= 0.6 is 0 Å². The van der Waals surface area contributed by atoms with Crippen molar-refractivity contribution in [2.45, 2.75) is 0 Å². The van der Waals surface area contributed by atoms with E-state index in [0.717, 1.165) is 0 Å². The van der Waals surface area contributed by atoms with E-state index in [9.17, 15) is 22.8 Å². The zero-order chi connectivity index (χ0) is 7.44. The molecule has 2 nitrogen and oxygen atoms in total. The van der Waals surface area contributed by atoms with Crippen molar-refractivity contribution in [1.82, 2.24) is 0 Å². The molecule has 50 valence electrons. The summed E-state index contributed by atoms with van der Waals surface area (Å²) < 4.78 is 34.0. The first-order valence-corrected chi connectivity index (χ1v) is 1.80. The smallest absolute Gasteiger partial charge is 0.295 e. The number of carbonyl (C=O) groups is 2.